The summed E-state index contributed by atoms with van der Waals surface area (Å²) in [6, 6.07) is 8.03. The van der Waals surface area contributed by atoms with Gasteiger partial charge in [-0.05, 0) is 50.3 Å². The Bertz CT molecular complexity index is 752. The lowest BCUT2D eigenvalue weighted by atomic mass is 9.88. The first kappa shape index (κ1) is 19.1. The highest BCUT2D eigenvalue weighted by Crippen LogP contribution is 2.27. The molecule has 1 fully saturated rings. The van der Waals surface area contributed by atoms with Crippen LogP contribution in [0.1, 0.15) is 39.1 Å². The Labute approximate surface area is 160 Å². The van der Waals surface area contributed by atoms with E-state index in [1.165, 1.54) is 6.42 Å². The lowest BCUT2D eigenvalue weighted by molar-refractivity contribution is -0.117. The third kappa shape index (κ3) is 4.71. The minimum Gasteiger partial charge on any atom is -0.351 e. The molecule has 1 amide bonds. The standard InChI is InChI=1S/C21H29N3OS/c1-15-11-16(2)13-24(12-15)21(3,4)14-22-19(25)9-10-20-23-17-7-5-6-8-18(17)26-20/h5-10,15-16H,11-14H2,1-4H3,(H,22,25)/b10-9+. The zero-order valence-corrected chi connectivity index (χ0v) is 17.0. The fourth-order valence-electron chi connectivity index (χ4n) is 3.74. The van der Waals surface area contributed by atoms with Crippen molar-refractivity contribution in [2.24, 2.45) is 11.8 Å². The SMILES string of the molecule is CC1CC(C)CN(C(C)(C)CNC(=O)/C=C/c2nc3ccccc3s2)C1. The Hall–Kier alpha value is -1.72. The fourth-order valence-corrected chi connectivity index (χ4v) is 4.61. The molecule has 2 unspecified atom stereocenters. The minimum absolute atomic E-state index is 0.0394. The third-order valence-corrected chi connectivity index (χ3v) is 6.11. The summed E-state index contributed by atoms with van der Waals surface area (Å²) in [6.45, 7) is 11.9. The predicted molar refractivity (Wildman–Crippen MR) is 110 cm³/mol. The molecule has 0 aliphatic carbocycles. The number of para-hydroxylation sites is 1. The van der Waals surface area contributed by atoms with Crippen molar-refractivity contribution < 1.29 is 4.79 Å². The molecule has 4 nitrogen and oxygen atoms in total. The monoisotopic (exact) mass is 371 g/mol. The summed E-state index contributed by atoms with van der Waals surface area (Å²) in [5, 5.41) is 3.92. The van der Waals surface area contributed by atoms with Gasteiger partial charge in [-0.2, -0.15) is 0 Å². The number of benzene rings is 1. The van der Waals surface area contributed by atoms with Gasteiger partial charge in [0.25, 0.3) is 0 Å². The normalized spacial score (nSPS) is 22.2. The maximum absolute atomic E-state index is 12.3. The second-order valence-electron chi connectivity index (χ2n) is 8.23. The number of nitrogens with one attached hydrogen (secondary N) is 1. The number of nitrogens with zero attached hydrogens (tertiary/aromatic N) is 2. The minimum atomic E-state index is -0.0598. The first-order valence-electron chi connectivity index (χ1n) is 9.40. The molecule has 26 heavy (non-hydrogen) atoms. The second-order valence-corrected chi connectivity index (χ2v) is 9.30. The Morgan fingerprint density at radius 1 is 1.31 bits per heavy atom. The Morgan fingerprint density at radius 2 is 2.00 bits per heavy atom. The molecule has 0 spiro atoms. The van der Waals surface area contributed by atoms with Gasteiger partial charge in [-0.3, -0.25) is 9.69 Å². The van der Waals surface area contributed by atoms with Crippen LogP contribution in [0.15, 0.2) is 30.3 Å². The number of carbonyl (C=O) groups excluding carboxylic acids is 1. The Kier molecular flexibility index (Phi) is 5.78. The Morgan fingerprint density at radius 3 is 2.69 bits per heavy atom. The zero-order chi connectivity index (χ0) is 18.7. The zero-order valence-electron chi connectivity index (χ0n) is 16.2. The molecule has 140 valence electrons. The number of amides is 1. The number of thiazole rings is 1. The van der Waals surface area contributed by atoms with Crippen LogP contribution < -0.4 is 5.32 Å². The number of carbonyl (C=O) groups is 1. The molecule has 0 saturated carbocycles. The first-order valence-corrected chi connectivity index (χ1v) is 10.2. The van der Waals surface area contributed by atoms with E-state index < -0.39 is 0 Å². The van der Waals surface area contributed by atoms with Gasteiger partial charge in [0, 0.05) is 31.2 Å². The van der Waals surface area contributed by atoms with Gasteiger partial charge in [0.15, 0.2) is 0 Å². The van der Waals surface area contributed by atoms with Crippen LogP contribution in [0, 0.1) is 11.8 Å². The molecule has 2 atom stereocenters. The molecule has 2 heterocycles. The van der Waals surface area contributed by atoms with Crippen LogP contribution >= 0.6 is 11.3 Å². The van der Waals surface area contributed by atoms with Crippen LogP contribution in [0.4, 0.5) is 0 Å². The summed E-state index contributed by atoms with van der Waals surface area (Å²) in [7, 11) is 0. The van der Waals surface area contributed by atoms with E-state index >= 15 is 0 Å². The van der Waals surface area contributed by atoms with Crippen molar-refractivity contribution in [2.75, 3.05) is 19.6 Å². The number of hydrogen-bond acceptors (Lipinski definition) is 4. The topological polar surface area (TPSA) is 45.2 Å². The van der Waals surface area contributed by atoms with Crippen molar-refractivity contribution in [1.82, 2.24) is 15.2 Å². The highest BCUT2D eigenvalue weighted by atomic mass is 32.1. The van der Waals surface area contributed by atoms with Crippen molar-refractivity contribution in [3.8, 4) is 0 Å². The van der Waals surface area contributed by atoms with Crippen LogP contribution in [0.25, 0.3) is 16.3 Å². The molecule has 1 saturated heterocycles. The number of fused-ring (bicyclic) bond motifs is 1. The summed E-state index contributed by atoms with van der Waals surface area (Å²) in [5.41, 5.74) is 0.939. The number of likely N-dealkylation sites (tertiary alicyclic amines) is 1. The third-order valence-electron chi connectivity index (χ3n) is 5.11. The van der Waals surface area contributed by atoms with E-state index in [0.717, 1.165) is 28.3 Å². The number of rotatable bonds is 5. The first-order chi connectivity index (χ1) is 12.3. The molecular weight excluding hydrogens is 342 g/mol. The lowest BCUT2D eigenvalue weighted by Crippen LogP contribution is -2.56. The number of hydrogen-bond donors (Lipinski definition) is 1. The van der Waals surface area contributed by atoms with Gasteiger partial charge >= 0.3 is 0 Å². The van der Waals surface area contributed by atoms with Crippen molar-refractivity contribution in [3.05, 3.63) is 35.3 Å². The van der Waals surface area contributed by atoms with E-state index in [-0.39, 0.29) is 11.4 Å². The van der Waals surface area contributed by atoms with Gasteiger partial charge in [0.2, 0.25) is 5.91 Å². The number of aromatic nitrogens is 1. The summed E-state index contributed by atoms with van der Waals surface area (Å²) in [5.74, 6) is 1.37. The van der Waals surface area contributed by atoms with E-state index in [2.05, 4.69) is 42.9 Å². The molecular formula is C21H29N3OS. The van der Waals surface area contributed by atoms with Crippen molar-refractivity contribution >= 4 is 33.5 Å². The summed E-state index contributed by atoms with van der Waals surface area (Å²) in [6.07, 6.45) is 4.69. The van der Waals surface area contributed by atoms with Gasteiger partial charge in [-0.25, -0.2) is 4.98 Å². The van der Waals surface area contributed by atoms with Crippen molar-refractivity contribution in [2.45, 2.75) is 39.7 Å². The van der Waals surface area contributed by atoms with E-state index in [1.807, 2.05) is 24.3 Å². The second kappa shape index (κ2) is 7.89. The molecule has 2 aromatic rings. The van der Waals surface area contributed by atoms with Gasteiger partial charge < -0.3 is 5.32 Å². The molecule has 1 aromatic heterocycles. The average Bonchev–Trinajstić information content (AvgIpc) is 3.00. The van der Waals surface area contributed by atoms with Gasteiger partial charge in [0.1, 0.15) is 5.01 Å². The predicted octanol–water partition coefficient (Wildman–Crippen LogP) is 4.18. The van der Waals surface area contributed by atoms with Gasteiger partial charge in [-0.15, -0.1) is 11.3 Å². The van der Waals surface area contributed by atoms with Crippen LogP contribution in [-0.2, 0) is 4.79 Å². The Balaban J connectivity index is 1.55. The molecule has 0 radical (unpaired) electrons. The summed E-state index contributed by atoms with van der Waals surface area (Å²) in [4.78, 5) is 19.3. The van der Waals surface area contributed by atoms with Crippen LogP contribution in [0.3, 0.4) is 0 Å². The van der Waals surface area contributed by atoms with Crippen LogP contribution in [-0.4, -0.2) is 41.0 Å². The summed E-state index contributed by atoms with van der Waals surface area (Å²) >= 11 is 1.60. The molecule has 5 heteroatoms. The number of piperidine rings is 1. The van der Waals surface area contributed by atoms with Crippen molar-refractivity contribution in [1.29, 1.82) is 0 Å². The molecule has 1 aliphatic rings. The molecule has 1 N–H and O–H groups in total. The quantitative estimate of drug-likeness (QED) is 0.802. The highest BCUT2D eigenvalue weighted by molar-refractivity contribution is 7.19. The molecule has 1 aromatic carbocycles. The maximum Gasteiger partial charge on any atom is 0.244 e. The van der Waals surface area contributed by atoms with Gasteiger partial charge in [0.05, 0.1) is 10.2 Å². The molecule has 0 bridgehead atoms. The fraction of sp³-hybridized carbons (Fsp3) is 0.524. The van der Waals surface area contributed by atoms with Crippen LogP contribution in [0.2, 0.25) is 0 Å². The largest absolute Gasteiger partial charge is 0.351 e. The maximum atomic E-state index is 12.3. The highest BCUT2D eigenvalue weighted by Gasteiger charge is 2.32. The smallest absolute Gasteiger partial charge is 0.244 e. The average molecular weight is 372 g/mol. The van der Waals surface area contributed by atoms with E-state index in [9.17, 15) is 4.79 Å². The van der Waals surface area contributed by atoms with Crippen LogP contribution in [0.5, 0.6) is 0 Å². The lowest BCUT2D eigenvalue weighted by Gasteiger charge is -2.45. The van der Waals surface area contributed by atoms with E-state index in [0.29, 0.717) is 18.4 Å². The summed E-state index contributed by atoms with van der Waals surface area (Å²) < 4.78 is 1.14. The van der Waals surface area contributed by atoms with E-state index in [4.69, 9.17) is 0 Å². The van der Waals surface area contributed by atoms with E-state index in [1.54, 1.807) is 23.5 Å². The van der Waals surface area contributed by atoms with Gasteiger partial charge in [-0.1, -0.05) is 26.0 Å². The molecule has 1 aliphatic heterocycles. The van der Waals surface area contributed by atoms with Crippen molar-refractivity contribution in [3.63, 3.8) is 0 Å². The molecule has 3 rings (SSSR count).